The first-order valence-electron chi connectivity index (χ1n) is 1.51. The zero-order chi connectivity index (χ0) is 4.83. The molecule has 0 spiro atoms. The van der Waals surface area contributed by atoms with E-state index in [1.807, 2.05) is 0 Å². The highest BCUT2D eigenvalue weighted by Crippen LogP contribution is 1.89. The SMILES string of the molecule is [B]SOCC=C. The van der Waals surface area contributed by atoms with Gasteiger partial charge in [0.2, 0.25) is 7.12 Å². The lowest BCUT2D eigenvalue weighted by molar-refractivity contribution is 0.435. The maximum Gasteiger partial charge on any atom is 0.203 e. The molecule has 0 fully saturated rings. The molecule has 0 N–H and O–H groups in total. The molecule has 0 aromatic carbocycles. The van der Waals surface area contributed by atoms with Crippen molar-refractivity contribution < 1.29 is 4.18 Å². The molecule has 0 aromatic rings. The summed E-state index contributed by atoms with van der Waals surface area (Å²) in [6.45, 7) is 3.92. The van der Waals surface area contributed by atoms with E-state index in [1.165, 1.54) is 0 Å². The summed E-state index contributed by atoms with van der Waals surface area (Å²) >= 11 is 0.855. The predicted molar refractivity (Wildman–Crippen MR) is 29.5 cm³/mol. The molecule has 0 heterocycles. The van der Waals surface area contributed by atoms with Crippen molar-refractivity contribution in [3.05, 3.63) is 12.7 Å². The van der Waals surface area contributed by atoms with Gasteiger partial charge in [0.05, 0.1) is 6.61 Å². The summed E-state index contributed by atoms with van der Waals surface area (Å²) in [5.74, 6) is 0. The average molecular weight is 100.0 g/mol. The highest BCUT2D eigenvalue weighted by atomic mass is 32.2. The molecule has 0 bridgehead atoms. The van der Waals surface area contributed by atoms with E-state index in [-0.39, 0.29) is 0 Å². The molecule has 1 nitrogen and oxygen atoms in total. The lowest BCUT2D eigenvalue weighted by Crippen LogP contribution is -1.74. The van der Waals surface area contributed by atoms with Crippen LogP contribution in [-0.2, 0) is 4.18 Å². The third-order valence-electron chi connectivity index (χ3n) is 0.254. The van der Waals surface area contributed by atoms with Crippen molar-refractivity contribution in [1.82, 2.24) is 0 Å². The van der Waals surface area contributed by atoms with Gasteiger partial charge in [0.25, 0.3) is 0 Å². The second kappa shape index (κ2) is 5.11. The van der Waals surface area contributed by atoms with Crippen molar-refractivity contribution in [3.8, 4) is 0 Å². The molecule has 0 aliphatic heterocycles. The quantitative estimate of drug-likeness (QED) is 0.225. The van der Waals surface area contributed by atoms with E-state index in [0.29, 0.717) is 6.61 Å². The van der Waals surface area contributed by atoms with Crippen LogP contribution in [0.2, 0.25) is 0 Å². The van der Waals surface area contributed by atoms with Crippen LogP contribution in [0.15, 0.2) is 12.7 Å². The molecule has 0 aliphatic rings. The second-order valence-corrected chi connectivity index (χ2v) is 1.10. The Morgan fingerprint density at radius 3 is 2.83 bits per heavy atom. The van der Waals surface area contributed by atoms with Gasteiger partial charge >= 0.3 is 0 Å². The average Bonchev–Trinajstić information content (AvgIpc) is 1.61. The number of hydrogen-bond donors (Lipinski definition) is 0. The molecule has 0 amide bonds. The van der Waals surface area contributed by atoms with Crippen molar-refractivity contribution in [3.63, 3.8) is 0 Å². The van der Waals surface area contributed by atoms with Crippen molar-refractivity contribution in [1.29, 1.82) is 0 Å². The molecule has 0 unspecified atom stereocenters. The molecule has 2 radical (unpaired) electrons. The lowest BCUT2D eigenvalue weighted by Gasteiger charge is -1.87. The topological polar surface area (TPSA) is 9.23 Å². The van der Waals surface area contributed by atoms with Crippen LogP contribution in [0.5, 0.6) is 0 Å². The molecule has 0 atom stereocenters. The van der Waals surface area contributed by atoms with Crippen molar-refractivity contribution in [2.24, 2.45) is 0 Å². The number of hydrogen-bond acceptors (Lipinski definition) is 2. The van der Waals surface area contributed by atoms with E-state index in [0.717, 1.165) is 11.9 Å². The van der Waals surface area contributed by atoms with E-state index < -0.39 is 0 Å². The Kier molecular flexibility index (Phi) is 5.21. The van der Waals surface area contributed by atoms with Crippen molar-refractivity contribution in [2.45, 2.75) is 0 Å². The van der Waals surface area contributed by atoms with Crippen LogP contribution in [0.25, 0.3) is 0 Å². The van der Waals surface area contributed by atoms with Crippen LogP contribution in [0, 0.1) is 0 Å². The third-order valence-corrected chi connectivity index (χ3v) is 0.526. The first kappa shape index (κ1) is 6.11. The lowest BCUT2D eigenvalue weighted by atomic mass is 10.7. The maximum absolute atomic E-state index is 4.86. The smallest absolute Gasteiger partial charge is 0.203 e. The van der Waals surface area contributed by atoms with Gasteiger partial charge in [-0.3, -0.25) is 0 Å². The van der Waals surface area contributed by atoms with Gasteiger partial charge in [0.1, 0.15) is 0 Å². The van der Waals surface area contributed by atoms with Crippen LogP contribution in [0.3, 0.4) is 0 Å². The fraction of sp³-hybridized carbons (Fsp3) is 0.333. The van der Waals surface area contributed by atoms with Crippen LogP contribution in [0.1, 0.15) is 0 Å². The Balaban J connectivity index is 2.49. The Bertz CT molecular complexity index is 39.8. The largest absolute Gasteiger partial charge is 0.324 e. The van der Waals surface area contributed by atoms with Crippen molar-refractivity contribution >= 4 is 19.0 Å². The summed E-state index contributed by atoms with van der Waals surface area (Å²) in [7, 11) is 4.86. The zero-order valence-corrected chi connectivity index (χ0v) is 4.20. The first-order valence-corrected chi connectivity index (χ1v) is 2.31. The van der Waals surface area contributed by atoms with E-state index in [9.17, 15) is 0 Å². The molecular formula is C3H5BOS. The number of rotatable bonds is 3. The molecule has 0 aliphatic carbocycles. The molecular weight excluding hydrogens is 94.9 g/mol. The van der Waals surface area contributed by atoms with Gasteiger partial charge in [-0.1, -0.05) is 18.0 Å². The van der Waals surface area contributed by atoms with Crippen LogP contribution in [-0.4, -0.2) is 13.7 Å². The Morgan fingerprint density at radius 2 is 2.67 bits per heavy atom. The fourth-order valence-corrected chi connectivity index (χ4v) is 0.262. The third kappa shape index (κ3) is 4.11. The van der Waals surface area contributed by atoms with Gasteiger partial charge < -0.3 is 4.18 Å². The minimum absolute atomic E-state index is 0.515. The van der Waals surface area contributed by atoms with E-state index >= 15 is 0 Å². The second-order valence-electron chi connectivity index (χ2n) is 0.669. The van der Waals surface area contributed by atoms with Crippen LogP contribution >= 0.6 is 11.9 Å². The Hall–Kier alpha value is 0.115. The minimum atomic E-state index is 0.515. The highest BCUT2D eigenvalue weighted by Gasteiger charge is 1.68. The Morgan fingerprint density at radius 1 is 2.00 bits per heavy atom. The van der Waals surface area contributed by atoms with Gasteiger partial charge in [0, 0.05) is 0 Å². The van der Waals surface area contributed by atoms with Crippen molar-refractivity contribution in [2.75, 3.05) is 6.61 Å². The molecule has 3 heteroatoms. The maximum atomic E-state index is 4.86. The summed E-state index contributed by atoms with van der Waals surface area (Å²) in [4.78, 5) is 0. The van der Waals surface area contributed by atoms with Gasteiger partial charge in [-0.25, -0.2) is 0 Å². The standard InChI is InChI=1S/C3H5BOS/c1-2-3-5-6-4/h2H,1,3H2. The molecule has 0 saturated heterocycles. The van der Waals surface area contributed by atoms with Crippen LogP contribution < -0.4 is 0 Å². The normalized spacial score (nSPS) is 8.00. The van der Waals surface area contributed by atoms with E-state index in [1.54, 1.807) is 6.08 Å². The Labute approximate surface area is 43.3 Å². The zero-order valence-electron chi connectivity index (χ0n) is 3.39. The van der Waals surface area contributed by atoms with Gasteiger partial charge in [-0.2, -0.15) is 0 Å². The fourth-order valence-electron chi connectivity index (χ4n) is 0.0874. The van der Waals surface area contributed by atoms with Gasteiger partial charge in [-0.05, 0) is 0 Å². The minimum Gasteiger partial charge on any atom is -0.324 e. The molecule has 32 valence electrons. The van der Waals surface area contributed by atoms with Crippen LogP contribution in [0.4, 0.5) is 0 Å². The molecule has 0 saturated carbocycles. The molecule has 0 aromatic heterocycles. The monoisotopic (exact) mass is 100 g/mol. The van der Waals surface area contributed by atoms with E-state index in [2.05, 4.69) is 10.8 Å². The molecule has 0 rings (SSSR count). The summed E-state index contributed by atoms with van der Waals surface area (Å²) in [5, 5.41) is 0. The van der Waals surface area contributed by atoms with E-state index in [4.69, 9.17) is 7.12 Å². The first-order chi connectivity index (χ1) is 2.91. The predicted octanol–water partition coefficient (Wildman–Crippen LogP) is 0.921. The summed E-state index contributed by atoms with van der Waals surface area (Å²) in [6, 6.07) is 0. The summed E-state index contributed by atoms with van der Waals surface area (Å²) < 4.78 is 4.56. The molecule has 6 heavy (non-hydrogen) atoms. The van der Waals surface area contributed by atoms with Gasteiger partial charge in [-0.15, -0.1) is 6.58 Å². The summed E-state index contributed by atoms with van der Waals surface area (Å²) in [5.41, 5.74) is 0. The highest BCUT2D eigenvalue weighted by molar-refractivity contribution is 8.15. The summed E-state index contributed by atoms with van der Waals surface area (Å²) in [6.07, 6.45) is 1.64. The van der Waals surface area contributed by atoms with Gasteiger partial charge in [0.15, 0.2) is 0 Å².